The van der Waals surface area contributed by atoms with E-state index >= 15 is 0 Å². The third-order valence-electron chi connectivity index (χ3n) is 2.80. The smallest absolute Gasteiger partial charge is 0.272 e. The number of nitrogens with one attached hydrogen (secondary N) is 1. The monoisotopic (exact) mass is 488 g/mol. The number of aryl methyl sites for hydroxylation is 1. The van der Waals surface area contributed by atoms with Crippen LogP contribution in [0.3, 0.4) is 0 Å². The maximum absolute atomic E-state index is 12.1. The second-order valence-corrected chi connectivity index (χ2v) is 6.99. The van der Waals surface area contributed by atoms with Crippen molar-refractivity contribution in [3.8, 4) is 5.75 Å². The molecule has 0 aliphatic carbocycles. The summed E-state index contributed by atoms with van der Waals surface area (Å²) >= 11 is 9.95. The Balaban J connectivity index is 2.16. The minimum atomic E-state index is -0.351. The van der Waals surface area contributed by atoms with Crippen LogP contribution in [0.4, 0.5) is 0 Å². The summed E-state index contributed by atoms with van der Waals surface area (Å²) in [4.78, 5) is 12.1. The van der Waals surface area contributed by atoms with Gasteiger partial charge in [-0.2, -0.15) is 5.10 Å². The number of carbonyl (C=O) groups is 1. The molecular weight excluding hydrogens is 480 g/mol. The normalized spacial score (nSPS) is 10.9. The number of phenols is 1. The highest BCUT2D eigenvalue weighted by Gasteiger charge is 2.11. The third kappa shape index (κ3) is 3.97. The van der Waals surface area contributed by atoms with Crippen LogP contribution in [0, 0.1) is 6.92 Å². The molecule has 0 aliphatic heterocycles. The molecule has 114 valence electrons. The average Bonchev–Trinajstić information content (AvgIpc) is 2.46. The summed E-state index contributed by atoms with van der Waals surface area (Å²) in [6.45, 7) is 1.90. The van der Waals surface area contributed by atoms with Crippen LogP contribution in [0.25, 0.3) is 0 Å². The van der Waals surface area contributed by atoms with Crippen LogP contribution in [-0.4, -0.2) is 17.2 Å². The van der Waals surface area contributed by atoms with E-state index in [0.29, 0.717) is 20.1 Å². The number of benzene rings is 2. The first-order valence-electron chi connectivity index (χ1n) is 6.16. The standard InChI is InChI=1S/C15H11Br3N2O2/c1-8-5-9(14(21)12(17)6-8)7-19-20-15(22)10-3-2-4-11(16)13(10)18/h2-7,21H,1H3,(H,20,22)/b19-7+. The van der Waals surface area contributed by atoms with Gasteiger partial charge in [-0.3, -0.25) is 4.79 Å². The summed E-state index contributed by atoms with van der Waals surface area (Å²) in [5.41, 5.74) is 4.37. The third-order valence-corrected chi connectivity index (χ3v) is 5.45. The van der Waals surface area contributed by atoms with Gasteiger partial charge in [0.1, 0.15) is 5.75 Å². The van der Waals surface area contributed by atoms with Gasteiger partial charge >= 0.3 is 0 Å². The van der Waals surface area contributed by atoms with Crippen LogP contribution in [0.2, 0.25) is 0 Å². The molecular formula is C15H11Br3N2O2. The number of hydrazone groups is 1. The van der Waals surface area contributed by atoms with E-state index in [1.165, 1.54) is 6.21 Å². The highest BCUT2D eigenvalue weighted by molar-refractivity contribution is 9.13. The topological polar surface area (TPSA) is 61.7 Å². The molecule has 0 heterocycles. The number of amides is 1. The van der Waals surface area contributed by atoms with Crippen molar-refractivity contribution in [2.75, 3.05) is 0 Å². The fraction of sp³-hybridized carbons (Fsp3) is 0.0667. The Bertz CT molecular complexity index is 761. The van der Waals surface area contributed by atoms with Gasteiger partial charge in [0.05, 0.1) is 16.3 Å². The van der Waals surface area contributed by atoms with E-state index in [-0.39, 0.29) is 11.7 Å². The van der Waals surface area contributed by atoms with Crippen molar-refractivity contribution >= 4 is 59.9 Å². The summed E-state index contributed by atoms with van der Waals surface area (Å²) < 4.78 is 2.02. The lowest BCUT2D eigenvalue weighted by Crippen LogP contribution is -2.18. The summed E-state index contributed by atoms with van der Waals surface area (Å²) in [6.07, 6.45) is 1.40. The molecule has 4 nitrogen and oxygen atoms in total. The second-order valence-electron chi connectivity index (χ2n) is 4.49. The fourth-order valence-corrected chi connectivity index (χ4v) is 3.16. The molecule has 22 heavy (non-hydrogen) atoms. The minimum absolute atomic E-state index is 0.0761. The zero-order valence-electron chi connectivity index (χ0n) is 11.4. The zero-order valence-corrected chi connectivity index (χ0v) is 16.2. The van der Waals surface area contributed by atoms with Gasteiger partial charge in [-0.1, -0.05) is 6.07 Å². The van der Waals surface area contributed by atoms with Crippen LogP contribution in [0.1, 0.15) is 21.5 Å². The summed E-state index contributed by atoms with van der Waals surface area (Å²) in [7, 11) is 0. The number of phenolic OH excluding ortho intramolecular Hbond substituents is 1. The predicted molar refractivity (Wildman–Crippen MR) is 97.4 cm³/mol. The van der Waals surface area contributed by atoms with Crippen LogP contribution in [0.5, 0.6) is 5.75 Å². The van der Waals surface area contributed by atoms with E-state index < -0.39 is 0 Å². The van der Waals surface area contributed by atoms with Crippen LogP contribution in [-0.2, 0) is 0 Å². The van der Waals surface area contributed by atoms with Crippen LogP contribution >= 0.6 is 47.8 Å². The van der Waals surface area contributed by atoms with E-state index in [9.17, 15) is 9.90 Å². The highest BCUT2D eigenvalue weighted by Crippen LogP contribution is 2.28. The van der Waals surface area contributed by atoms with Crippen molar-refractivity contribution in [3.63, 3.8) is 0 Å². The van der Waals surface area contributed by atoms with E-state index in [2.05, 4.69) is 58.3 Å². The Labute approximate surface area is 153 Å². The molecule has 7 heteroatoms. The number of hydrogen-bond acceptors (Lipinski definition) is 3. The Morgan fingerprint density at radius 3 is 2.68 bits per heavy atom. The van der Waals surface area contributed by atoms with E-state index in [0.717, 1.165) is 10.0 Å². The van der Waals surface area contributed by atoms with Crippen molar-refractivity contribution in [1.82, 2.24) is 5.43 Å². The van der Waals surface area contributed by atoms with Crippen molar-refractivity contribution in [1.29, 1.82) is 0 Å². The minimum Gasteiger partial charge on any atom is -0.506 e. The Morgan fingerprint density at radius 1 is 1.23 bits per heavy atom. The lowest BCUT2D eigenvalue weighted by molar-refractivity contribution is 0.0954. The molecule has 0 aromatic heterocycles. The van der Waals surface area contributed by atoms with E-state index in [1.54, 1.807) is 24.3 Å². The molecule has 0 fully saturated rings. The maximum atomic E-state index is 12.1. The Kier molecular flexibility index (Phi) is 5.77. The number of nitrogens with zero attached hydrogens (tertiary/aromatic N) is 1. The molecule has 2 rings (SSSR count). The molecule has 0 bridgehead atoms. The molecule has 1 amide bonds. The van der Waals surface area contributed by atoms with Crippen LogP contribution < -0.4 is 5.43 Å². The zero-order chi connectivity index (χ0) is 16.3. The fourth-order valence-electron chi connectivity index (χ4n) is 1.76. The number of carbonyl (C=O) groups excluding carboxylic acids is 1. The van der Waals surface area contributed by atoms with E-state index in [4.69, 9.17) is 0 Å². The van der Waals surface area contributed by atoms with Gasteiger partial charge in [-0.15, -0.1) is 0 Å². The second kappa shape index (κ2) is 7.39. The first kappa shape index (κ1) is 17.2. The highest BCUT2D eigenvalue weighted by atomic mass is 79.9. The van der Waals surface area contributed by atoms with Crippen molar-refractivity contribution in [2.45, 2.75) is 6.92 Å². The molecule has 0 saturated heterocycles. The average molecular weight is 491 g/mol. The summed E-state index contributed by atoms with van der Waals surface area (Å²) in [5.74, 6) is -0.275. The van der Waals surface area contributed by atoms with E-state index in [1.807, 2.05) is 13.0 Å². The lowest BCUT2D eigenvalue weighted by Gasteiger charge is -2.05. The lowest BCUT2D eigenvalue weighted by atomic mass is 10.1. The molecule has 2 aromatic rings. The van der Waals surface area contributed by atoms with Crippen LogP contribution in [0.15, 0.2) is 48.9 Å². The maximum Gasteiger partial charge on any atom is 0.272 e. The van der Waals surface area contributed by atoms with Gasteiger partial charge in [0.2, 0.25) is 0 Å². The molecule has 0 radical (unpaired) electrons. The molecule has 0 spiro atoms. The Morgan fingerprint density at radius 2 is 1.95 bits per heavy atom. The largest absolute Gasteiger partial charge is 0.506 e. The molecule has 0 unspecified atom stereocenters. The quantitative estimate of drug-likeness (QED) is 0.481. The molecule has 0 saturated carbocycles. The van der Waals surface area contributed by atoms with Gasteiger partial charge in [-0.25, -0.2) is 5.43 Å². The predicted octanol–water partition coefficient (Wildman–Crippen LogP) is 4.75. The number of aromatic hydroxyl groups is 1. The van der Waals surface area contributed by atoms with Gasteiger partial charge in [0, 0.05) is 14.5 Å². The number of hydrogen-bond donors (Lipinski definition) is 2. The van der Waals surface area contributed by atoms with Crippen molar-refractivity contribution in [3.05, 3.63) is 60.4 Å². The SMILES string of the molecule is Cc1cc(Br)c(O)c(/C=N/NC(=O)c2cccc(Br)c2Br)c1. The first-order chi connectivity index (χ1) is 10.4. The van der Waals surface area contributed by atoms with Gasteiger partial charge in [0.15, 0.2) is 0 Å². The molecule has 2 aromatic carbocycles. The van der Waals surface area contributed by atoms with Gasteiger partial charge in [0.25, 0.3) is 5.91 Å². The molecule has 0 atom stereocenters. The van der Waals surface area contributed by atoms with Gasteiger partial charge < -0.3 is 5.11 Å². The van der Waals surface area contributed by atoms with Gasteiger partial charge in [-0.05, 0) is 84.5 Å². The van der Waals surface area contributed by atoms with Crippen molar-refractivity contribution < 1.29 is 9.90 Å². The number of halogens is 3. The number of rotatable bonds is 3. The Hall–Kier alpha value is -1.18. The molecule has 2 N–H and O–H groups in total. The summed E-state index contributed by atoms with van der Waals surface area (Å²) in [6, 6.07) is 8.83. The van der Waals surface area contributed by atoms with Crippen molar-refractivity contribution in [2.24, 2.45) is 5.10 Å². The first-order valence-corrected chi connectivity index (χ1v) is 8.54. The summed E-state index contributed by atoms with van der Waals surface area (Å²) in [5, 5.41) is 13.8. The molecule has 0 aliphatic rings.